The number of hydrogen-bond acceptors (Lipinski definition) is 7. The third kappa shape index (κ3) is 2.83. The largest absolute Gasteiger partial charge is 0.379 e. The first kappa shape index (κ1) is 12.5. The van der Waals surface area contributed by atoms with Gasteiger partial charge in [0.25, 0.3) is 11.6 Å². The zero-order valence-corrected chi connectivity index (χ0v) is 9.57. The van der Waals surface area contributed by atoms with E-state index >= 15 is 0 Å². The number of nitrogen functional groups attached to an aromatic ring is 1. The predicted octanol–water partition coefficient (Wildman–Crippen LogP) is 0.490. The molecule has 0 unspecified atom stereocenters. The Hall–Kier alpha value is -2.97. The smallest absolute Gasteiger partial charge is 0.277 e. The maximum Gasteiger partial charge on any atom is 0.277 e. The summed E-state index contributed by atoms with van der Waals surface area (Å²) < 4.78 is 4.30. The van der Waals surface area contributed by atoms with Crippen molar-refractivity contribution in [2.75, 3.05) is 5.73 Å². The summed E-state index contributed by atoms with van der Waals surface area (Å²) in [6, 6.07) is 5.80. The van der Waals surface area contributed by atoms with E-state index in [0.717, 1.165) is 0 Å². The van der Waals surface area contributed by atoms with E-state index in [-0.39, 0.29) is 23.7 Å². The van der Waals surface area contributed by atoms with Gasteiger partial charge in [-0.2, -0.15) is 0 Å². The average Bonchev–Trinajstić information content (AvgIpc) is 2.83. The Morgan fingerprint density at radius 3 is 2.58 bits per heavy atom. The van der Waals surface area contributed by atoms with Gasteiger partial charge in [0.05, 0.1) is 4.92 Å². The van der Waals surface area contributed by atoms with Gasteiger partial charge in [0.15, 0.2) is 0 Å². The Morgan fingerprint density at radius 1 is 1.37 bits per heavy atom. The van der Waals surface area contributed by atoms with Crippen LogP contribution in [0.2, 0.25) is 0 Å². The maximum absolute atomic E-state index is 11.6. The molecule has 1 amide bonds. The van der Waals surface area contributed by atoms with E-state index in [9.17, 15) is 14.9 Å². The summed E-state index contributed by atoms with van der Waals surface area (Å²) >= 11 is 0. The van der Waals surface area contributed by atoms with Crippen LogP contribution in [0.5, 0.6) is 0 Å². The molecule has 0 aliphatic heterocycles. The Bertz CT molecular complexity index is 607. The standard InChI is InChI=1S/C10H9N5O4/c11-9-8(13-19-14-9)10(16)12-5-6-1-3-7(4-2-6)15(17)18/h1-4H,5H2,(H2,11,14)(H,12,16). The van der Waals surface area contributed by atoms with E-state index in [4.69, 9.17) is 5.73 Å². The lowest BCUT2D eigenvalue weighted by Crippen LogP contribution is -2.24. The number of nitrogens with one attached hydrogen (secondary N) is 1. The second kappa shape index (κ2) is 5.12. The second-order valence-electron chi connectivity index (χ2n) is 3.60. The van der Waals surface area contributed by atoms with Crippen LogP contribution in [-0.2, 0) is 6.54 Å². The molecule has 0 saturated carbocycles. The fraction of sp³-hybridized carbons (Fsp3) is 0.100. The highest BCUT2D eigenvalue weighted by molar-refractivity contribution is 5.95. The first-order valence-electron chi connectivity index (χ1n) is 5.17. The van der Waals surface area contributed by atoms with Crippen LogP contribution in [0.4, 0.5) is 11.5 Å². The van der Waals surface area contributed by atoms with Crippen LogP contribution in [-0.4, -0.2) is 21.1 Å². The molecule has 0 aliphatic carbocycles. The molecule has 0 radical (unpaired) electrons. The Morgan fingerprint density at radius 2 is 2.05 bits per heavy atom. The van der Waals surface area contributed by atoms with Crippen molar-refractivity contribution in [3.8, 4) is 0 Å². The monoisotopic (exact) mass is 263 g/mol. The van der Waals surface area contributed by atoms with Crippen LogP contribution in [0.3, 0.4) is 0 Å². The number of amides is 1. The van der Waals surface area contributed by atoms with Gasteiger partial charge in [0, 0.05) is 18.7 Å². The van der Waals surface area contributed by atoms with Gasteiger partial charge < -0.3 is 11.1 Å². The fourth-order valence-electron chi connectivity index (χ4n) is 1.35. The predicted molar refractivity (Wildman–Crippen MR) is 63.0 cm³/mol. The van der Waals surface area contributed by atoms with Gasteiger partial charge in [-0.25, -0.2) is 4.63 Å². The lowest BCUT2D eigenvalue weighted by atomic mass is 10.2. The molecule has 0 saturated heterocycles. The number of non-ortho nitro benzene ring substituents is 1. The topological polar surface area (TPSA) is 137 Å². The fourth-order valence-corrected chi connectivity index (χ4v) is 1.35. The van der Waals surface area contributed by atoms with Crippen molar-refractivity contribution < 1.29 is 14.3 Å². The van der Waals surface area contributed by atoms with Crippen LogP contribution in [0.1, 0.15) is 16.1 Å². The SMILES string of the molecule is Nc1nonc1C(=O)NCc1ccc([N+](=O)[O-])cc1. The highest BCUT2D eigenvalue weighted by Crippen LogP contribution is 2.12. The maximum atomic E-state index is 11.6. The number of carbonyl (C=O) groups excluding carboxylic acids is 1. The number of nitrogens with zero attached hydrogens (tertiary/aromatic N) is 3. The molecule has 9 heteroatoms. The summed E-state index contributed by atoms with van der Waals surface area (Å²) in [5.41, 5.74) is 5.95. The minimum Gasteiger partial charge on any atom is -0.379 e. The van der Waals surface area contributed by atoms with Crippen LogP contribution < -0.4 is 11.1 Å². The number of rotatable bonds is 4. The van der Waals surface area contributed by atoms with Crippen molar-refractivity contribution in [1.29, 1.82) is 0 Å². The summed E-state index contributed by atoms with van der Waals surface area (Å²) in [4.78, 5) is 21.6. The molecule has 19 heavy (non-hydrogen) atoms. The molecule has 1 aromatic carbocycles. The molecule has 0 spiro atoms. The number of aromatic nitrogens is 2. The van der Waals surface area contributed by atoms with Crippen molar-refractivity contribution in [1.82, 2.24) is 15.6 Å². The van der Waals surface area contributed by atoms with Crippen molar-refractivity contribution in [2.45, 2.75) is 6.54 Å². The molecule has 98 valence electrons. The molecule has 1 heterocycles. The number of nitrogens with two attached hydrogens (primary N) is 1. The molecule has 9 nitrogen and oxygen atoms in total. The summed E-state index contributed by atoms with van der Waals surface area (Å²) in [5, 5.41) is 19.6. The molecule has 2 aromatic rings. The van der Waals surface area contributed by atoms with Gasteiger partial charge in [-0.15, -0.1) is 0 Å². The third-order valence-corrected chi connectivity index (χ3v) is 2.33. The number of benzene rings is 1. The van der Waals surface area contributed by atoms with Gasteiger partial charge >= 0.3 is 0 Å². The van der Waals surface area contributed by atoms with Crippen LogP contribution in [0, 0.1) is 10.1 Å². The number of carbonyl (C=O) groups is 1. The van der Waals surface area contributed by atoms with Crippen molar-refractivity contribution in [2.24, 2.45) is 0 Å². The summed E-state index contributed by atoms with van der Waals surface area (Å²) in [6.45, 7) is 0.184. The lowest BCUT2D eigenvalue weighted by molar-refractivity contribution is -0.384. The minimum atomic E-state index is -0.530. The summed E-state index contributed by atoms with van der Waals surface area (Å²) in [6.07, 6.45) is 0. The molecule has 0 bridgehead atoms. The average molecular weight is 263 g/mol. The van der Waals surface area contributed by atoms with Crippen LogP contribution >= 0.6 is 0 Å². The lowest BCUT2D eigenvalue weighted by Gasteiger charge is -2.02. The van der Waals surface area contributed by atoms with E-state index in [1.165, 1.54) is 12.1 Å². The minimum absolute atomic E-state index is 0.0139. The highest BCUT2D eigenvalue weighted by atomic mass is 16.6. The van der Waals surface area contributed by atoms with E-state index in [1.54, 1.807) is 12.1 Å². The van der Waals surface area contributed by atoms with Crippen LogP contribution in [0.15, 0.2) is 28.9 Å². The molecule has 0 atom stereocenters. The first-order chi connectivity index (χ1) is 9.08. The Kier molecular flexibility index (Phi) is 3.37. The first-order valence-corrected chi connectivity index (χ1v) is 5.17. The molecular formula is C10H9N5O4. The highest BCUT2D eigenvalue weighted by Gasteiger charge is 2.15. The van der Waals surface area contributed by atoms with Crippen molar-refractivity contribution >= 4 is 17.4 Å². The van der Waals surface area contributed by atoms with E-state index in [0.29, 0.717) is 5.56 Å². The number of nitro benzene ring substituents is 1. The van der Waals surface area contributed by atoms with Crippen LogP contribution in [0.25, 0.3) is 0 Å². The Labute approximate surface area is 106 Å². The Balaban J connectivity index is 1.97. The number of anilines is 1. The zero-order chi connectivity index (χ0) is 13.8. The quantitative estimate of drug-likeness (QED) is 0.604. The van der Waals surface area contributed by atoms with Gasteiger partial charge in [-0.05, 0) is 15.9 Å². The van der Waals surface area contributed by atoms with Gasteiger partial charge in [0.2, 0.25) is 11.5 Å². The van der Waals surface area contributed by atoms with Gasteiger partial charge in [-0.3, -0.25) is 14.9 Å². The molecule has 2 rings (SSSR count). The van der Waals surface area contributed by atoms with E-state index < -0.39 is 10.8 Å². The molecule has 3 N–H and O–H groups in total. The van der Waals surface area contributed by atoms with Crippen molar-refractivity contribution in [3.05, 3.63) is 45.6 Å². The van der Waals surface area contributed by atoms with Crippen molar-refractivity contribution in [3.63, 3.8) is 0 Å². The zero-order valence-electron chi connectivity index (χ0n) is 9.57. The van der Waals surface area contributed by atoms with Gasteiger partial charge in [0.1, 0.15) is 0 Å². The number of nitro groups is 1. The van der Waals surface area contributed by atoms with E-state index in [1.807, 2.05) is 0 Å². The summed E-state index contributed by atoms with van der Waals surface area (Å²) in [7, 11) is 0. The molecule has 1 aromatic heterocycles. The number of hydrogen-bond donors (Lipinski definition) is 2. The second-order valence-corrected chi connectivity index (χ2v) is 3.60. The molecular weight excluding hydrogens is 254 g/mol. The third-order valence-electron chi connectivity index (χ3n) is 2.33. The summed E-state index contributed by atoms with van der Waals surface area (Å²) in [5.74, 6) is -0.627. The molecule has 0 aliphatic rings. The molecule has 0 fully saturated rings. The van der Waals surface area contributed by atoms with Gasteiger partial charge in [-0.1, -0.05) is 12.1 Å². The van der Waals surface area contributed by atoms with E-state index in [2.05, 4.69) is 20.3 Å². The normalized spacial score (nSPS) is 10.1.